The summed E-state index contributed by atoms with van der Waals surface area (Å²) >= 11 is 0. The van der Waals surface area contributed by atoms with Crippen LogP contribution in [0, 0.1) is 11.6 Å². The zero-order valence-electron chi connectivity index (χ0n) is 14.4. The molecule has 0 unspecified atom stereocenters. The van der Waals surface area contributed by atoms with Gasteiger partial charge in [-0.15, -0.1) is 0 Å². The van der Waals surface area contributed by atoms with Crippen LogP contribution in [0.2, 0.25) is 0 Å². The van der Waals surface area contributed by atoms with Crippen LogP contribution in [-0.4, -0.2) is 26.4 Å². The van der Waals surface area contributed by atoms with Crippen molar-refractivity contribution >= 4 is 15.7 Å². The van der Waals surface area contributed by atoms with Crippen molar-refractivity contribution in [2.75, 3.05) is 17.8 Å². The van der Waals surface area contributed by atoms with Crippen LogP contribution in [0.15, 0.2) is 42.5 Å². The number of benzene rings is 2. The zero-order valence-corrected chi connectivity index (χ0v) is 15.2. The average Bonchev–Trinajstić information content (AvgIpc) is 2.59. The van der Waals surface area contributed by atoms with Gasteiger partial charge in [0.15, 0.2) is 0 Å². The molecular weight excluding hydrogens is 358 g/mol. The summed E-state index contributed by atoms with van der Waals surface area (Å²) < 4.78 is 54.5. The Labute approximate surface area is 152 Å². The normalized spacial score (nSPS) is 15.8. The molecule has 0 amide bonds. The molecule has 2 aromatic carbocycles. The van der Waals surface area contributed by atoms with Crippen molar-refractivity contribution in [2.24, 2.45) is 0 Å². The molecule has 1 aliphatic rings. The van der Waals surface area contributed by atoms with Crippen molar-refractivity contribution in [3.8, 4) is 0 Å². The predicted molar refractivity (Wildman–Crippen MR) is 98.2 cm³/mol. The molecule has 0 bridgehead atoms. The van der Waals surface area contributed by atoms with E-state index in [0.29, 0.717) is 5.69 Å². The second-order valence-electron chi connectivity index (χ2n) is 6.60. The summed E-state index contributed by atoms with van der Waals surface area (Å²) in [5, 5.41) is 0. The first-order chi connectivity index (χ1) is 12.4. The van der Waals surface area contributed by atoms with E-state index in [1.165, 1.54) is 25.3 Å². The number of likely N-dealkylation sites (tertiary alicyclic amines) is 1. The Morgan fingerprint density at radius 3 is 2.31 bits per heavy atom. The summed E-state index contributed by atoms with van der Waals surface area (Å²) in [5.41, 5.74) is 0.949. The summed E-state index contributed by atoms with van der Waals surface area (Å²) in [6.07, 6.45) is 3.62. The third-order valence-electron chi connectivity index (χ3n) is 4.45. The minimum atomic E-state index is -3.93. The average molecular weight is 380 g/mol. The van der Waals surface area contributed by atoms with Gasteiger partial charge in [-0.2, -0.15) is 0 Å². The molecule has 2 aromatic rings. The highest BCUT2D eigenvalue weighted by Crippen LogP contribution is 2.20. The molecule has 1 heterocycles. The van der Waals surface area contributed by atoms with Crippen LogP contribution >= 0.6 is 0 Å². The van der Waals surface area contributed by atoms with Crippen molar-refractivity contribution in [3.63, 3.8) is 0 Å². The SMILES string of the molecule is O=S(=O)(Cc1c(F)cccc1F)Nc1cccc(CN2CCCCC2)c1. The number of nitrogens with one attached hydrogen (secondary N) is 1. The van der Waals surface area contributed by atoms with Gasteiger partial charge in [-0.05, 0) is 55.8 Å². The number of halogens is 2. The molecular formula is C19H22F2N2O2S. The van der Waals surface area contributed by atoms with E-state index in [2.05, 4.69) is 9.62 Å². The molecule has 0 aliphatic carbocycles. The minimum absolute atomic E-state index is 0.399. The Bertz CT molecular complexity index is 845. The van der Waals surface area contributed by atoms with Crippen LogP contribution in [0.25, 0.3) is 0 Å². The van der Waals surface area contributed by atoms with Crippen molar-refractivity contribution in [1.29, 1.82) is 0 Å². The van der Waals surface area contributed by atoms with Crippen LogP contribution in [0.4, 0.5) is 14.5 Å². The number of hydrogen-bond donors (Lipinski definition) is 1. The maximum atomic E-state index is 13.7. The Hall–Kier alpha value is -1.99. The third-order valence-corrected chi connectivity index (χ3v) is 5.67. The van der Waals surface area contributed by atoms with Crippen LogP contribution in [0.3, 0.4) is 0 Å². The monoisotopic (exact) mass is 380 g/mol. The van der Waals surface area contributed by atoms with Crippen molar-refractivity contribution in [1.82, 2.24) is 4.90 Å². The minimum Gasteiger partial charge on any atom is -0.299 e. The first kappa shape index (κ1) is 18.8. The molecule has 0 atom stereocenters. The maximum absolute atomic E-state index is 13.7. The smallest absolute Gasteiger partial charge is 0.237 e. The van der Waals surface area contributed by atoms with Crippen LogP contribution in [0.5, 0.6) is 0 Å². The summed E-state index contributed by atoms with van der Waals surface area (Å²) in [6, 6.07) is 10.4. The second-order valence-corrected chi connectivity index (χ2v) is 8.32. The fourth-order valence-corrected chi connectivity index (χ4v) is 4.40. The van der Waals surface area contributed by atoms with E-state index >= 15 is 0 Å². The molecule has 26 heavy (non-hydrogen) atoms. The predicted octanol–water partition coefficient (Wildman–Crippen LogP) is 3.89. The molecule has 0 radical (unpaired) electrons. The van der Waals surface area contributed by atoms with E-state index in [9.17, 15) is 17.2 Å². The van der Waals surface area contributed by atoms with Gasteiger partial charge in [0.1, 0.15) is 17.4 Å². The highest BCUT2D eigenvalue weighted by molar-refractivity contribution is 7.91. The van der Waals surface area contributed by atoms with Gasteiger partial charge in [0.05, 0.1) is 0 Å². The Kier molecular flexibility index (Phi) is 5.88. The molecule has 0 spiro atoms. The molecule has 4 nitrogen and oxygen atoms in total. The lowest BCUT2D eigenvalue weighted by atomic mass is 10.1. The van der Waals surface area contributed by atoms with Gasteiger partial charge in [-0.3, -0.25) is 9.62 Å². The first-order valence-electron chi connectivity index (χ1n) is 8.68. The van der Waals surface area contributed by atoms with Gasteiger partial charge in [0.25, 0.3) is 0 Å². The van der Waals surface area contributed by atoms with Gasteiger partial charge >= 0.3 is 0 Å². The van der Waals surface area contributed by atoms with Crippen molar-refractivity contribution in [3.05, 3.63) is 65.2 Å². The van der Waals surface area contributed by atoms with E-state index in [-0.39, 0.29) is 0 Å². The zero-order chi connectivity index (χ0) is 18.6. The van der Waals surface area contributed by atoms with Crippen molar-refractivity contribution < 1.29 is 17.2 Å². The molecule has 1 N–H and O–H groups in total. The van der Waals surface area contributed by atoms with E-state index in [1.54, 1.807) is 18.2 Å². The van der Waals surface area contributed by atoms with E-state index in [0.717, 1.165) is 37.3 Å². The van der Waals surface area contributed by atoms with Gasteiger partial charge in [0, 0.05) is 17.8 Å². The molecule has 1 aliphatic heterocycles. The molecule has 0 saturated carbocycles. The first-order valence-corrected chi connectivity index (χ1v) is 10.3. The number of anilines is 1. The van der Waals surface area contributed by atoms with Crippen molar-refractivity contribution in [2.45, 2.75) is 31.6 Å². The number of sulfonamides is 1. The van der Waals surface area contributed by atoms with Crippen LogP contribution in [-0.2, 0) is 22.3 Å². The third kappa shape index (κ3) is 5.02. The lowest BCUT2D eigenvalue weighted by molar-refractivity contribution is 0.221. The van der Waals surface area contributed by atoms with Gasteiger partial charge in [-0.25, -0.2) is 17.2 Å². The lowest BCUT2D eigenvalue weighted by Crippen LogP contribution is -2.29. The lowest BCUT2D eigenvalue weighted by Gasteiger charge is -2.26. The second kappa shape index (κ2) is 8.14. The largest absolute Gasteiger partial charge is 0.299 e. The van der Waals surface area contributed by atoms with Crippen LogP contribution in [0.1, 0.15) is 30.4 Å². The van der Waals surface area contributed by atoms with E-state index in [1.807, 2.05) is 6.07 Å². The fourth-order valence-electron chi connectivity index (χ4n) is 3.18. The highest BCUT2D eigenvalue weighted by atomic mass is 32.2. The summed E-state index contributed by atoms with van der Waals surface area (Å²) in [4.78, 5) is 2.34. The van der Waals surface area contributed by atoms with Crippen LogP contribution < -0.4 is 4.72 Å². The van der Waals surface area contributed by atoms with E-state index < -0.39 is 33.0 Å². The quantitative estimate of drug-likeness (QED) is 0.827. The summed E-state index contributed by atoms with van der Waals surface area (Å²) in [7, 11) is -3.93. The van der Waals surface area contributed by atoms with Gasteiger partial charge < -0.3 is 0 Å². The summed E-state index contributed by atoms with van der Waals surface area (Å²) in [5.74, 6) is -2.48. The molecule has 140 valence electrons. The molecule has 1 fully saturated rings. The highest BCUT2D eigenvalue weighted by Gasteiger charge is 2.18. The topological polar surface area (TPSA) is 49.4 Å². The standard InChI is InChI=1S/C19H22F2N2O2S/c20-18-8-5-9-19(21)17(18)14-26(24,25)22-16-7-4-6-15(12-16)13-23-10-2-1-3-11-23/h4-9,12,22H,1-3,10-11,13-14H2. The summed E-state index contributed by atoms with van der Waals surface area (Å²) in [6.45, 7) is 2.85. The molecule has 7 heteroatoms. The molecule has 0 aromatic heterocycles. The van der Waals surface area contributed by atoms with Gasteiger partial charge in [0.2, 0.25) is 10.0 Å². The van der Waals surface area contributed by atoms with E-state index in [4.69, 9.17) is 0 Å². The number of rotatable bonds is 6. The Morgan fingerprint density at radius 1 is 0.962 bits per heavy atom. The number of piperidine rings is 1. The Morgan fingerprint density at radius 2 is 1.62 bits per heavy atom. The molecule has 1 saturated heterocycles. The fraction of sp³-hybridized carbons (Fsp3) is 0.368. The number of nitrogens with zero attached hydrogens (tertiary/aromatic N) is 1. The molecule has 3 rings (SSSR count). The Balaban J connectivity index is 1.70. The number of hydrogen-bond acceptors (Lipinski definition) is 3. The van der Waals surface area contributed by atoms with Gasteiger partial charge in [-0.1, -0.05) is 24.6 Å². The maximum Gasteiger partial charge on any atom is 0.237 e.